The first-order valence-corrected chi connectivity index (χ1v) is 6.05. The maximum Gasteiger partial charge on any atom is 0.271 e. The third-order valence-corrected chi connectivity index (χ3v) is 3.64. The Hall–Kier alpha value is -1.03. The van der Waals surface area contributed by atoms with Crippen LogP contribution < -0.4 is 5.32 Å². The third-order valence-electron chi connectivity index (χ3n) is 3.13. The Bertz CT molecular complexity index is 382. The molecule has 0 aliphatic heterocycles. The van der Waals surface area contributed by atoms with E-state index in [1.807, 2.05) is 7.05 Å². The number of aromatic nitrogens is 2. The number of hydrogen-bond acceptors (Lipinski definition) is 2. The molecule has 5 heteroatoms. The Kier molecular flexibility index (Phi) is 3.19. The molecule has 0 unspecified atom stereocenters. The van der Waals surface area contributed by atoms with E-state index in [1.54, 1.807) is 17.1 Å². The molecule has 1 heterocycles. The molecule has 0 bridgehead atoms. The number of hydrogen-bond donors (Lipinski definition) is 1. The lowest BCUT2D eigenvalue weighted by molar-refractivity contribution is 0.0904. The summed E-state index contributed by atoms with van der Waals surface area (Å²) in [5.41, 5.74) is 0.245. The van der Waals surface area contributed by atoms with Crippen molar-refractivity contribution >= 4 is 17.5 Å². The van der Waals surface area contributed by atoms with Crippen LogP contribution in [0.3, 0.4) is 0 Å². The van der Waals surface area contributed by atoms with E-state index >= 15 is 0 Å². The topological polar surface area (TPSA) is 46.9 Å². The summed E-state index contributed by atoms with van der Waals surface area (Å²) < 4.78 is 1.76. The van der Waals surface area contributed by atoms with Gasteiger partial charge in [-0.05, 0) is 12.8 Å². The first kappa shape index (κ1) is 11.5. The maximum absolute atomic E-state index is 11.9. The number of rotatable bonds is 3. The highest BCUT2D eigenvalue weighted by atomic mass is 35.5. The van der Waals surface area contributed by atoms with Gasteiger partial charge in [0.15, 0.2) is 0 Å². The number of nitrogens with one attached hydrogen (secondary N) is 1. The van der Waals surface area contributed by atoms with Crippen LogP contribution in [0.5, 0.6) is 0 Å². The zero-order chi connectivity index (χ0) is 11.6. The Morgan fingerprint density at radius 3 is 2.81 bits per heavy atom. The molecule has 1 aromatic rings. The van der Waals surface area contributed by atoms with Gasteiger partial charge in [0.2, 0.25) is 0 Å². The van der Waals surface area contributed by atoms with Crippen LogP contribution in [0.1, 0.15) is 36.2 Å². The molecule has 1 aliphatic rings. The summed E-state index contributed by atoms with van der Waals surface area (Å²) in [4.78, 5) is 16.0. The van der Waals surface area contributed by atoms with Crippen molar-refractivity contribution in [3.05, 3.63) is 18.2 Å². The Morgan fingerprint density at radius 2 is 2.31 bits per heavy atom. The summed E-state index contributed by atoms with van der Waals surface area (Å²) in [7, 11) is 1.84. The highest BCUT2D eigenvalue weighted by Gasteiger charge is 2.34. The van der Waals surface area contributed by atoms with Gasteiger partial charge in [0, 0.05) is 19.1 Å². The molecule has 1 N–H and O–H groups in total. The average Bonchev–Trinajstić information content (AvgIpc) is 2.88. The summed E-state index contributed by atoms with van der Waals surface area (Å²) in [6, 6.07) is 0. The number of halogens is 1. The second-order valence-electron chi connectivity index (χ2n) is 4.50. The normalized spacial score (nSPS) is 18.6. The van der Waals surface area contributed by atoms with Crippen LogP contribution in [-0.2, 0) is 7.05 Å². The summed E-state index contributed by atoms with van der Waals surface area (Å²) in [6.07, 6.45) is 7.54. The molecule has 1 amide bonds. The van der Waals surface area contributed by atoms with Crippen LogP contribution in [-0.4, -0.2) is 26.9 Å². The van der Waals surface area contributed by atoms with E-state index in [1.165, 1.54) is 0 Å². The van der Waals surface area contributed by atoms with Crippen LogP contribution in [0.15, 0.2) is 12.5 Å². The molecule has 4 nitrogen and oxygen atoms in total. The maximum atomic E-state index is 11.9. The average molecular weight is 242 g/mol. The van der Waals surface area contributed by atoms with Crippen LogP contribution in [0.2, 0.25) is 0 Å². The van der Waals surface area contributed by atoms with E-state index in [9.17, 15) is 4.79 Å². The molecule has 0 aromatic carbocycles. The zero-order valence-corrected chi connectivity index (χ0v) is 10.1. The number of aryl methyl sites for hydroxylation is 1. The lowest BCUT2D eigenvalue weighted by Gasteiger charge is -2.27. The second kappa shape index (κ2) is 4.45. The highest BCUT2D eigenvalue weighted by molar-refractivity contribution is 6.19. The molecule has 1 aromatic heterocycles. The number of nitrogens with zero attached hydrogens (tertiary/aromatic N) is 2. The van der Waals surface area contributed by atoms with E-state index in [0.717, 1.165) is 25.7 Å². The van der Waals surface area contributed by atoms with Crippen molar-refractivity contribution in [2.45, 2.75) is 31.2 Å². The van der Waals surface area contributed by atoms with E-state index < -0.39 is 0 Å². The first-order valence-electron chi connectivity index (χ1n) is 5.52. The fourth-order valence-corrected chi connectivity index (χ4v) is 2.51. The number of carbonyl (C=O) groups excluding carboxylic acids is 1. The van der Waals surface area contributed by atoms with E-state index in [2.05, 4.69) is 10.3 Å². The molecule has 1 fully saturated rings. The molecular formula is C11H16ClN3O. The zero-order valence-electron chi connectivity index (χ0n) is 9.37. The number of carbonyl (C=O) groups is 1. The molecule has 0 spiro atoms. The molecule has 88 valence electrons. The predicted octanol–water partition coefficient (Wildman–Crippen LogP) is 1.70. The first-order chi connectivity index (χ1) is 7.65. The van der Waals surface area contributed by atoms with Gasteiger partial charge in [-0.2, -0.15) is 0 Å². The lowest BCUT2D eigenvalue weighted by Crippen LogP contribution is -2.48. The number of imidazole rings is 1. The molecule has 2 rings (SSSR count). The Balaban J connectivity index is 2.06. The minimum Gasteiger partial charge on any atom is -0.344 e. The summed E-state index contributed by atoms with van der Waals surface area (Å²) in [6.45, 7) is 0. The van der Waals surface area contributed by atoms with E-state index in [0.29, 0.717) is 11.6 Å². The van der Waals surface area contributed by atoms with Gasteiger partial charge in [0.25, 0.3) is 5.91 Å². The van der Waals surface area contributed by atoms with E-state index in [-0.39, 0.29) is 11.4 Å². The van der Waals surface area contributed by atoms with Crippen molar-refractivity contribution in [2.24, 2.45) is 7.05 Å². The van der Waals surface area contributed by atoms with Gasteiger partial charge < -0.3 is 9.88 Å². The minimum atomic E-state index is -0.212. The number of amides is 1. The predicted molar refractivity (Wildman–Crippen MR) is 62.6 cm³/mol. The molecule has 1 aliphatic carbocycles. The summed E-state index contributed by atoms with van der Waals surface area (Å²) >= 11 is 5.96. The highest BCUT2D eigenvalue weighted by Crippen LogP contribution is 2.30. The van der Waals surface area contributed by atoms with Gasteiger partial charge in [0.05, 0.1) is 11.9 Å². The molecular weight excluding hydrogens is 226 g/mol. The summed E-state index contributed by atoms with van der Waals surface area (Å²) in [5.74, 6) is 0.356. The standard InChI is InChI=1S/C11H16ClN3O/c1-15-6-9(13-8-15)10(16)14-11(7-12)4-2-3-5-11/h6,8H,2-5,7H2,1H3,(H,14,16). The van der Waals surface area contributed by atoms with Crippen molar-refractivity contribution < 1.29 is 4.79 Å². The van der Waals surface area contributed by atoms with Crippen molar-refractivity contribution in [3.8, 4) is 0 Å². The quantitative estimate of drug-likeness (QED) is 0.819. The van der Waals surface area contributed by atoms with Crippen molar-refractivity contribution in [3.63, 3.8) is 0 Å². The van der Waals surface area contributed by atoms with Crippen molar-refractivity contribution in [1.29, 1.82) is 0 Å². The third kappa shape index (κ3) is 2.21. The Morgan fingerprint density at radius 1 is 1.62 bits per heavy atom. The summed E-state index contributed by atoms with van der Waals surface area (Å²) in [5, 5.41) is 3.02. The second-order valence-corrected chi connectivity index (χ2v) is 4.77. The number of alkyl halides is 1. The van der Waals surface area contributed by atoms with Crippen molar-refractivity contribution in [2.75, 3.05) is 5.88 Å². The van der Waals surface area contributed by atoms with Gasteiger partial charge in [-0.3, -0.25) is 4.79 Å². The van der Waals surface area contributed by atoms with Gasteiger partial charge in [-0.25, -0.2) is 4.98 Å². The van der Waals surface area contributed by atoms with Gasteiger partial charge in [0.1, 0.15) is 5.69 Å². The lowest BCUT2D eigenvalue weighted by atomic mass is 10.0. The minimum absolute atomic E-state index is 0.122. The van der Waals surface area contributed by atoms with Crippen LogP contribution >= 0.6 is 11.6 Å². The molecule has 0 radical (unpaired) electrons. The SMILES string of the molecule is Cn1cnc(C(=O)NC2(CCl)CCCC2)c1. The van der Waals surface area contributed by atoms with Crippen molar-refractivity contribution in [1.82, 2.24) is 14.9 Å². The fourth-order valence-electron chi connectivity index (χ4n) is 2.18. The van der Waals surface area contributed by atoms with Gasteiger partial charge in [-0.15, -0.1) is 11.6 Å². The largest absolute Gasteiger partial charge is 0.344 e. The van der Waals surface area contributed by atoms with Crippen LogP contribution in [0, 0.1) is 0 Å². The van der Waals surface area contributed by atoms with Crippen LogP contribution in [0.4, 0.5) is 0 Å². The monoisotopic (exact) mass is 241 g/mol. The fraction of sp³-hybridized carbons (Fsp3) is 0.636. The molecule has 1 saturated carbocycles. The Labute approximate surface area is 100.0 Å². The van der Waals surface area contributed by atoms with Gasteiger partial charge in [-0.1, -0.05) is 12.8 Å². The molecule has 0 saturated heterocycles. The van der Waals surface area contributed by atoms with Crippen LogP contribution in [0.25, 0.3) is 0 Å². The van der Waals surface area contributed by atoms with Gasteiger partial charge >= 0.3 is 0 Å². The smallest absolute Gasteiger partial charge is 0.271 e. The van der Waals surface area contributed by atoms with E-state index in [4.69, 9.17) is 11.6 Å². The molecule has 0 atom stereocenters. The molecule has 16 heavy (non-hydrogen) atoms.